The fourth-order valence-electron chi connectivity index (χ4n) is 2.24. The highest BCUT2D eigenvalue weighted by molar-refractivity contribution is 5.85. The van der Waals surface area contributed by atoms with Crippen LogP contribution in [0.1, 0.15) is 12.0 Å². The van der Waals surface area contributed by atoms with Gasteiger partial charge in [-0.2, -0.15) is 8.78 Å². The molecule has 5 nitrogen and oxygen atoms in total. The second kappa shape index (κ2) is 6.05. The second-order valence-corrected chi connectivity index (χ2v) is 4.77. The molecule has 0 aromatic heterocycles. The van der Waals surface area contributed by atoms with Crippen molar-refractivity contribution in [2.24, 2.45) is 5.11 Å². The van der Waals surface area contributed by atoms with Gasteiger partial charge in [-0.05, 0) is 12.0 Å². The number of hydrogen-bond acceptors (Lipinski definition) is 2. The van der Waals surface area contributed by atoms with Crippen molar-refractivity contribution in [2.75, 3.05) is 13.1 Å². The second-order valence-electron chi connectivity index (χ2n) is 4.77. The summed E-state index contributed by atoms with van der Waals surface area (Å²) >= 11 is 0. The van der Waals surface area contributed by atoms with Crippen molar-refractivity contribution < 1.29 is 18.0 Å². The van der Waals surface area contributed by atoms with Crippen molar-refractivity contribution in [3.05, 3.63) is 46.3 Å². The monoisotopic (exact) mass is 298 g/mol. The van der Waals surface area contributed by atoms with Crippen LogP contribution in [0.5, 0.6) is 0 Å². The fourth-order valence-corrected chi connectivity index (χ4v) is 2.24. The van der Waals surface area contributed by atoms with Crippen LogP contribution < -0.4 is 0 Å². The third-order valence-corrected chi connectivity index (χ3v) is 3.40. The Balaban J connectivity index is 2.12. The molecule has 1 fully saturated rings. The van der Waals surface area contributed by atoms with Gasteiger partial charge in [0.1, 0.15) is 6.17 Å². The van der Waals surface area contributed by atoms with Crippen LogP contribution >= 0.6 is 0 Å². The molecule has 2 unspecified atom stereocenters. The van der Waals surface area contributed by atoms with E-state index in [0.717, 1.165) is 17.0 Å². The summed E-state index contributed by atoms with van der Waals surface area (Å²) in [5, 5.41) is 3.26. The standard InChI is InChI=1S/C13H13F3N4O/c14-10-8-20(7-6-11(10)18-19-17)12(21)13(15,16)9-4-2-1-3-5-9/h1-5,10-11H,6-8H2. The van der Waals surface area contributed by atoms with Gasteiger partial charge in [0, 0.05) is 17.0 Å². The maximum atomic E-state index is 14.1. The summed E-state index contributed by atoms with van der Waals surface area (Å²) in [5.74, 6) is -5.14. The number of halogens is 3. The van der Waals surface area contributed by atoms with Crippen molar-refractivity contribution >= 4 is 5.91 Å². The van der Waals surface area contributed by atoms with Crippen LogP contribution in [-0.4, -0.2) is 36.1 Å². The van der Waals surface area contributed by atoms with Gasteiger partial charge in [0.15, 0.2) is 0 Å². The number of carbonyl (C=O) groups excluding carboxylic acids is 1. The minimum absolute atomic E-state index is 0.0296. The number of hydrogen-bond donors (Lipinski definition) is 0. The van der Waals surface area contributed by atoms with Crippen molar-refractivity contribution in [1.82, 2.24) is 4.90 Å². The molecule has 0 bridgehead atoms. The Kier molecular flexibility index (Phi) is 4.37. The van der Waals surface area contributed by atoms with Crippen molar-refractivity contribution in [2.45, 2.75) is 24.6 Å². The molecule has 0 aliphatic carbocycles. The maximum Gasteiger partial charge on any atom is 0.349 e. The third-order valence-electron chi connectivity index (χ3n) is 3.40. The zero-order valence-electron chi connectivity index (χ0n) is 11.0. The molecule has 112 valence electrons. The van der Waals surface area contributed by atoms with Crippen LogP contribution in [0.3, 0.4) is 0 Å². The highest BCUT2D eigenvalue weighted by atomic mass is 19.3. The van der Waals surface area contributed by atoms with Gasteiger partial charge in [-0.3, -0.25) is 4.79 Å². The smallest absolute Gasteiger partial charge is 0.334 e. The Morgan fingerprint density at radius 3 is 2.62 bits per heavy atom. The molecule has 1 aromatic carbocycles. The van der Waals surface area contributed by atoms with E-state index < -0.39 is 36.2 Å². The molecule has 1 aliphatic heterocycles. The van der Waals surface area contributed by atoms with Gasteiger partial charge in [-0.25, -0.2) is 4.39 Å². The number of nitrogens with zero attached hydrogens (tertiary/aromatic N) is 4. The molecule has 1 amide bonds. The number of likely N-dealkylation sites (tertiary alicyclic amines) is 1. The first-order chi connectivity index (χ1) is 9.96. The first-order valence-corrected chi connectivity index (χ1v) is 6.38. The van der Waals surface area contributed by atoms with Crippen LogP contribution in [0.2, 0.25) is 0 Å². The lowest BCUT2D eigenvalue weighted by molar-refractivity contribution is -0.161. The van der Waals surface area contributed by atoms with Gasteiger partial charge in [-0.1, -0.05) is 35.4 Å². The van der Waals surface area contributed by atoms with Crippen molar-refractivity contribution in [3.8, 4) is 0 Å². The maximum absolute atomic E-state index is 14.1. The van der Waals surface area contributed by atoms with Gasteiger partial charge in [0.25, 0.3) is 5.91 Å². The number of piperidine rings is 1. The Labute approximate surface area is 119 Å². The normalized spacial score (nSPS) is 22.5. The number of carbonyl (C=O) groups is 1. The predicted molar refractivity (Wildman–Crippen MR) is 69.4 cm³/mol. The van der Waals surface area contributed by atoms with Gasteiger partial charge in [-0.15, -0.1) is 0 Å². The van der Waals surface area contributed by atoms with E-state index in [2.05, 4.69) is 10.0 Å². The number of azide groups is 1. The minimum atomic E-state index is -3.70. The number of benzene rings is 1. The molecular formula is C13H13F3N4O. The van der Waals surface area contributed by atoms with Crippen LogP contribution in [0.25, 0.3) is 10.4 Å². The van der Waals surface area contributed by atoms with Crippen LogP contribution in [0.4, 0.5) is 13.2 Å². The third kappa shape index (κ3) is 3.11. The number of amides is 1. The number of alkyl halides is 3. The first kappa shape index (κ1) is 15.2. The molecular weight excluding hydrogens is 285 g/mol. The molecule has 0 saturated carbocycles. The molecule has 21 heavy (non-hydrogen) atoms. The largest absolute Gasteiger partial charge is 0.349 e. The molecule has 8 heteroatoms. The summed E-state index contributed by atoms with van der Waals surface area (Å²) in [6.07, 6.45) is -1.60. The van der Waals surface area contributed by atoms with E-state index in [1.165, 1.54) is 12.1 Å². The van der Waals surface area contributed by atoms with Crippen molar-refractivity contribution in [1.29, 1.82) is 0 Å². The van der Waals surface area contributed by atoms with Crippen LogP contribution in [0, 0.1) is 0 Å². The molecule has 1 heterocycles. The van der Waals surface area contributed by atoms with Gasteiger partial charge >= 0.3 is 5.92 Å². The SMILES string of the molecule is [N-]=[N+]=NC1CCN(C(=O)C(F)(F)c2ccccc2)CC1F. The fraction of sp³-hybridized carbons (Fsp3) is 0.462. The zero-order chi connectivity index (χ0) is 15.5. The lowest BCUT2D eigenvalue weighted by atomic mass is 10.0. The molecule has 0 spiro atoms. The van der Waals surface area contributed by atoms with Crippen LogP contribution in [0.15, 0.2) is 35.4 Å². The molecule has 0 radical (unpaired) electrons. The Morgan fingerprint density at radius 1 is 1.38 bits per heavy atom. The van der Waals surface area contributed by atoms with E-state index in [0.29, 0.717) is 0 Å². The molecule has 1 aliphatic rings. The zero-order valence-corrected chi connectivity index (χ0v) is 11.0. The van der Waals surface area contributed by atoms with Gasteiger partial charge in [0.2, 0.25) is 0 Å². The molecule has 2 rings (SSSR count). The Bertz CT molecular complexity index is 560. The molecule has 0 N–H and O–H groups in total. The van der Waals surface area contributed by atoms with Gasteiger partial charge < -0.3 is 4.90 Å². The highest BCUT2D eigenvalue weighted by Gasteiger charge is 2.45. The van der Waals surface area contributed by atoms with Gasteiger partial charge in [0.05, 0.1) is 12.6 Å². The highest BCUT2D eigenvalue weighted by Crippen LogP contribution is 2.31. The lowest BCUT2D eigenvalue weighted by Crippen LogP contribution is -2.51. The van der Waals surface area contributed by atoms with Crippen LogP contribution in [-0.2, 0) is 10.7 Å². The quantitative estimate of drug-likeness (QED) is 0.480. The van der Waals surface area contributed by atoms with E-state index in [4.69, 9.17) is 5.53 Å². The molecule has 1 aromatic rings. The average molecular weight is 298 g/mol. The minimum Gasteiger partial charge on any atom is -0.334 e. The molecule has 2 atom stereocenters. The topological polar surface area (TPSA) is 69.1 Å². The summed E-state index contributed by atoms with van der Waals surface area (Å²) in [4.78, 5) is 15.2. The summed E-state index contributed by atoms with van der Waals surface area (Å²) < 4.78 is 42.0. The Hall–Kier alpha value is -2.21. The van der Waals surface area contributed by atoms with Crippen molar-refractivity contribution in [3.63, 3.8) is 0 Å². The summed E-state index contributed by atoms with van der Waals surface area (Å²) in [6.45, 7) is -0.559. The van der Waals surface area contributed by atoms with E-state index in [9.17, 15) is 18.0 Å². The average Bonchev–Trinajstić information content (AvgIpc) is 2.49. The van der Waals surface area contributed by atoms with E-state index in [1.54, 1.807) is 6.07 Å². The van der Waals surface area contributed by atoms with E-state index in [1.807, 2.05) is 0 Å². The predicted octanol–water partition coefficient (Wildman–Crippen LogP) is 3.03. The first-order valence-electron chi connectivity index (χ1n) is 6.38. The van der Waals surface area contributed by atoms with E-state index in [-0.39, 0.29) is 13.0 Å². The molecule has 1 saturated heterocycles. The summed E-state index contributed by atoms with van der Waals surface area (Å²) in [7, 11) is 0. The Morgan fingerprint density at radius 2 is 2.05 bits per heavy atom. The summed E-state index contributed by atoms with van der Waals surface area (Å²) in [5.41, 5.74) is 7.85. The van der Waals surface area contributed by atoms with E-state index >= 15 is 0 Å². The summed E-state index contributed by atoms with van der Waals surface area (Å²) in [6, 6.07) is 5.76. The number of rotatable bonds is 3. The lowest BCUT2D eigenvalue weighted by Gasteiger charge is -2.34.